The molecule has 0 unspecified atom stereocenters. The van der Waals surface area contributed by atoms with Crippen LogP contribution in [-0.2, 0) is 6.42 Å². The van der Waals surface area contributed by atoms with Crippen LogP contribution in [0.2, 0.25) is 0 Å². The first kappa shape index (κ1) is 10.1. The summed E-state index contributed by atoms with van der Waals surface area (Å²) in [5.74, 6) is 0.880. The maximum Gasteiger partial charge on any atom is 0.122 e. The summed E-state index contributed by atoms with van der Waals surface area (Å²) in [4.78, 5) is 0. The fraction of sp³-hybridized carbons (Fsp3) is 0.455. The highest BCUT2D eigenvalue weighted by atomic mass is 16.5. The highest BCUT2D eigenvalue weighted by Gasteiger charge is 2.04. The third-order valence-electron chi connectivity index (χ3n) is 1.79. The van der Waals surface area contributed by atoms with Gasteiger partial charge in [0.25, 0.3) is 0 Å². The molecule has 1 N–H and O–H groups in total. The summed E-state index contributed by atoms with van der Waals surface area (Å²) in [5.41, 5.74) is 1.07. The van der Waals surface area contributed by atoms with E-state index in [9.17, 15) is 5.11 Å². The summed E-state index contributed by atoms with van der Waals surface area (Å²) in [5, 5.41) is 9.24. The molecule has 0 amide bonds. The van der Waals surface area contributed by atoms with E-state index in [1.807, 2.05) is 31.2 Å². The number of para-hydroxylation sites is 1. The van der Waals surface area contributed by atoms with Crippen LogP contribution in [0.3, 0.4) is 0 Å². The number of aliphatic hydroxyl groups is 1. The van der Waals surface area contributed by atoms with Crippen molar-refractivity contribution in [2.75, 3.05) is 6.61 Å². The summed E-state index contributed by atoms with van der Waals surface area (Å²) in [6.45, 7) is 4.40. The van der Waals surface area contributed by atoms with Crippen LogP contribution < -0.4 is 4.74 Å². The molecule has 13 heavy (non-hydrogen) atoms. The second-order valence-electron chi connectivity index (χ2n) is 3.09. The molecule has 2 nitrogen and oxygen atoms in total. The lowest BCUT2D eigenvalue weighted by molar-refractivity contribution is 0.193. The van der Waals surface area contributed by atoms with Gasteiger partial charge in [-0.05, 0) is 25.5 Å². The molecular formula is C11H16O2. The molecule has 1 rings (SSSR count). The van der Waals surface area contributed by atoms with Gasteiger partial charge in [0.2, 0.25) is 0 Å². The van der Waals surface area contributed by atoms with E-state index in [0.29, 0.717) is 13.0 Å². The lowest BCUT2D eigenvalue weighted by atomic mass is 10.1. The molecule has 0 saturated heterocycles. The maximum absolute atomic E-state index is 9.24. The minimum atomic E-state index is -0.318. The highest BCUT2D eigenvalue weighted by molar-refractivity contribution is 5.33. The van der Waals surface area contributed by atoms with Crippen LogP contribution >= 0.6 is 0 Å². The average Bonchev–Trinajstić information content (AvgIpc) is 2.08. The van der Waals surface area contributed by atoms with E-state index < -0.39 is 0 Å². The van der Waals surface area contributed by atoms with Crippen LogP contribution in [0.25, 0.3) is 0 Å². The zero-order valence-electron chi connectivity index (χ0n) is 8.16. The molecular weight excluding hydrogens is 164 g/mol. The lowest BCUT2D eigenvalue weighted by Gasteiger charge is -2.10. The molecule has 0 aliphatic heterocycles. The molecule has 1 aromatic rings. The number of hydrogen-bond acceptors (Lipinski definition) is 2. The SMILES string of the molecule is CCOc1ccccc1C[C@H](C)O. The minimum absolute atomic E-state index is 0.318. The molecule has 1 aromatic carbocycles. The smallest absolute Gasteiger partial charge is 0.122 e. The fourth-order valence-electron chi connectivity index (χ4n) is 1.29. The summed E-state index contributed by atoms with van der Waals surface area (Å²) in [6, 6.07) is 7.82. The number of ether oxygens (including phenoxy) is 1. The average molecular weight is 180 g/mol. The standard InChI is InChI=1S/C11H16O2/c1-3-13-11-7-5-4-6-10(11)8-9(2)12/h4-7,9,12H,3,8H2,1-2H3/t9-/m0/s1. The number of hydrogen-bond donors (Lipinski definition) is 1. The van der Waals surface area contributed by atoms with Crippen LogP contribution in [0, 0.1) is 0 Å². The van der Waals surface area contributed by atoms with Gasteiger partial charge in [0.15, 0.2) is 0 Å². The first-order valence-electron chi connectivity index (χ1n) is 4.62. The Bertz CT molecular complexity index is 256. The van der Waals surface area contributed by atoms with E-state index in [0.717, 1.165) is 11.3 Å². The third-order valence-corrected chi connectivity index (χ3v) is 1.79. The number of rotatable bonds is 4. The van der Waals surface area contributed by atoms with Crippen molar-refractivity contribution in [3.63, 3.8) is 0 Å². The van der Waals surface area contributed by atoms with Crippen molar-refractivity contribution in [1.82, 2.24) is 0 Å². The first-order valence-corrected chi connectivity index (χ1v) is 4.62. The summed E-state index contributed by atoms with van der Waals surface area (Å²) >= 11 is 0. The zero-order chi connectivity index (χ0) is 9.68. The van der Waals surface area contributed by atoms with E-state index in [2.05, 4.69) is 0 Å². The molecule has 0 aliphatic rings. The number of aliphatic hydroxyl groups excluding tert-OH is 1. The Morgan fingerprint density at radius 3 is 2.69 bits per heavy atom. The fourth-order valence-corrected chi connectivity index (χ4v) is 1.29. The minimum Gasteiger partial charge on any atom is -0.494 e. The lowest BCUT2D eigenvalue weighted by Crippen LogP contribution is -2.06. The Balaban J connectivity index is 2.78. The predicted molar refractivity (Wildman–Crippen MR) is 53.0 cm³/mol. The van der Waals surface area contributed by atoms with Gasteiger partial charge in [-0.3, -0.25) is 0 Å². The van der Waals surface area contributed by atoms with E-state index in [1.165, 1.54) is 0 Å². The Morgan fingerprint density at radius 1 is 1.38 bits per heavy atom. The van der Waals surface area contributed by atoms with Crippen molar-refractivity contribution in [2.24, 2.45) is 0 Å². The molecule has 0 aromatic heterocycles. The van der Waals surface area contributed by atoms with Crippen molar-refractivity contribution in [3.8, 4) is 5.75 Å². The van der Waals surface area contributed by atoms with Gasteiger partial charge in [0.05, 0.1) is 12.7 Å². The predicted octanol–water partition coefficient (Wildman–Crippen LogP) is 2.01. The Labute approximate surface area is 79.2 Å². The Hall–Kier alpha value is -1.02. The second kappa shape index (κ2) is 4.87. The van der Waals surface area contributed by atoms with E-state index >= 15 is 0 Å². The van der Waals surface area contributed by atoms with Gasteiger partial charge in [0.1, 0.15) is 5.75 Å². The van der Waals surface area contributed by atoms with Crippen LogP contribution in [-0.4, -0.2) is 17.8 Å². The van der Waals surface area contributed by atoms with Gasteiger partial charge >= 0.3 is 0 Å². The highest BCUT2D eigenvalue weighted by Crippen LogP contribution is 2.19. The van der Waals surface area contributed by atoms with Crippen LogP contribution in [0.15, 0.2) is 24.3 Å². The summed E-state index contributed by atoms with van der Waals surface area (Å²) in [7, 11) is 0. The van der Waals surface area contributed by atoms with Crippen molar-refractivity contribution >= 4 is 0 Å². The van der Waals surface area contributed by atoms with Crippen LogP contribution in [0.1, 0.15) is 19.4 Å². The molecule has 1 atom stereocenters. The van der Waals surface area contributed by atoms with Crippen molar-refractivity contribution < 1.29 is 9.84 Å². The van der Waals surface area contributed by atoms with E-state index in [4.69, 9.17) is 4.74 Å². The molecule has 0 saturated carbocycles. The molecule has 0 spiro atoms. The molecule has 0 bridgehead atoms. The monoisotopic (exact) mass is 180 g/mol. The van der Waals surface area contributed by atoms with E-state index in [1.54, 1.807) is 6.92 Å². The van der Waals surface area contributed by atoms with Gasteiger partial charge < -0.3 is 9.84 Å². The Kier molecular flexibility index (Phi) is 3.77. The largest absolute Gasteiger partial charge is 0.494 e. The molecule has 0 aliphatic carbocycles. The maximum atomic E-state index is 9.24. The number of benzene rings is 1. The van der Waals surface area contributed by atoms with Crippen molar-refractivity contribution in [3.05, 3.63) is 29.8 Å². The quantitative estimate of drug-likeness (QED) is 0.768. The molecule has 0 radical (unpaired) electrons. The van der Waals surface area contributed by atoms with Gasteiger partial charge in [0, 0.05) is 6.42 Å². The molecule has 2 heteroatoms. The second-order valence-corrected chi connectivity index (χ2v) is 3.09. The van der Waals surface area contributed by atoms with E-state index in [-0.39, 0.29) is 6.10 Å². The molecule has 0 heterocycles. The topological polar surface area (TPSA) is 29.5 Å². The molecule has 0 fully saturated rings. The molecule has 72 valence electrons. The van der Waals surface area contributed by atoms with Gasteiger partial charge in [-0.25, -0.2) is 0 Å². The van der Waals surface area contributed by atoms with Crippen LogP contribution in [0.5, 0.6) is 5.75 Å². The van der Waals surface area contributed by atoms with Gasteiger partial charge in [-0.1, -0.05) is 18.2 Å². The summed E-state index contributed by atoms with van der Waals surface area (Å²) < 4.78 is 5.43. The summed E-state index contributed by atoms with van der Waals surface area (Å²) in [6.07, 6.45) is 0.331. The normalized spacial score (nSPS) is 12.5. The first-order chi connectivity index (χ1) is 6.24. The third kappa shape index (κ3) is 3.07. The Morgan fingerprint density at radius 2 is 2.08 bits per heavy atom. The zero-order valence-corrected chi connectivity index (χ0v) is 8.16. The van der Waals surface area contributed by atoms with Crippen LogP contribution in [0.4, 0.5) is 0 Å². The van der Waals surface area contributed by atoms with Crippen molar-refractivity contribution in [2.45, 2.75) is 26.4 Å². The van der Waals surface area contributed by atoms with Gasteiger partial charge in [-0.15, -0.1) is 0 Å². The van der Waals surface area contributed by atoms with Gasteiger partial charge in [-0.2, -0.15) is 0 Å². The van der Waals surface area contributed by atoms with Crippen molar-refractivity contribution in [1.29, 1.82) is 0 Å².